The molecule has 2 atom stereocenters. The minimum atomic E-state index is -1.42. The van der Waals surface area contributed by atoms with Crippen LogP contribution in [0.5, 0.6) is 0 Å². The van der Waals surface area contributed by atoms with E-state index in [2.05, 4.69) is 43.3 Å². The Labute approximate surface area is 185 Å². The molecule has 31 heavy (non-hydrogen) atoms. The van der Waals surface area contributed by atoms with E-state index in [0.717, 1.165) is 16.7 Å². The van der Waals surface area contributed by atoms with Crippen LogP contribution in [0.1, 0.15) is 39.4 Å². The van der Waals surface area contributed by atoms with Crippen LogP contribution < -0.4 is 0 Å². The number of aryl methyl sites for hydroxylation is 2. The maximum Gasteiger partial charge on any atom is 0.232 e. The zero-order valence-corrected chi connectivity index (χ0v) is 18.5. The fourth-order valence-electron chi connectivity index (χ4n) is 3.69. The number of benzene rings is 3. The molecule has 0 aliphatic carbocycles. The lowest BCUT2D eigenvalue weighted by Gasteiger charge is -2.19. The summed E-state index contributed by atoms with van der Waals surface area (Å²) < 4.78 is 14.7. The van der Waals surface area contributed by atoms with E-state index in [1.807, 2.05) is 49.4 Å². The zero-order valence-electron chi connectivity index (χ0n) is 17.7. The summed E-state index contributed by atoms with van der Waals surface area (Å²) in [5, 5.41) is 0.504. The first-order chi connectivity index (χ1) is 15.0. The van der Waals surface area contributed by atoms with Crippen LogP contribution in [0.3, 0.4) is 0 Å². The quantitative estimate of drug-likeness (QED) is 0.371. The van der Waals surface area contributed by atoms with Gasteiger partial charge >= 0.3 is 0 Å². The Morgan fingerprint density at radius 3 is 2.00 bits per heavy atom. The molecule has 1 heterocycles. The van der Waals surface area contributed by atoms with E-state index in [1.165, 1.54) is 5.56 Å². The van der Waals surface area contributed by atoms with Crippen molar-refractivity contribution in [2.24, 2.45) is 0 Å². The molecule has 0 radical (unpaired) electrons. The fraction of sp³-hybridized carbons (Fsp3) is 0.148. The fourth-order valence-corrected chi connectivity index (χ4v) is 4.86. The van der Waals surface area contributed by atoms with Crippen molar-refractivity contribution >= 4 is 16.7 Å². The molecule has 4 rings (SSSR count). The summed E-state index contributed by atoms with van der Waals surface area (Å²) >= 11 is 0. The molecule has 0 aliphatic rings. The topological polar surface area (TPSA) is 39.1 Å². The zero-order chi connectivity index (χ0) is 21.8. The molecule has 4 aromatic rings. The molecule has 4 heteroatoms. The second kappa shape index (κ2) is 9.27. The van der Waals surface area contributed by atoms with Gasteiger partial charge in [0.2, 0.25) is 5.91 Å². The Morgan fingerprint density at radius 1 is 0.774 bits per heavy atom. The van der Waals surface area contributed by atoms with Crippen molar-refractivity contribution in [2.75, 3.05) is 0 Å². The van der Waals surface area contributed by atoms with Crippen LogP contribution in [-0.2, 0) is 10.8 Å². The molecule has 0 amide bonds. The van der Waals surface area contributed by atoms with Gasteiger partial charge in [-0.05, 0) is 49.2 Å². The van der Waals surface area contributed by atoms with Gasteiger partial charge in [0.15, 0.2) is 0 Å². The van der Waals surface area contributed by atoms with Crippen molar-refractivity contribution < 1.29 is 9.00 Å². The van der Waals surface area contributed by atoms with Crippen molar-refractivity contribution in [2.45, 2.75) is 36.1 Å². The third-order valence-electron chi connectivity index (χ3n) is 5.47. The van der Waals surface area contributed by atoms with Gasteiger partial charge in [0, 0.05) is 23.4 Å². The minimum absolute atomic E-state index is 0.0719. The standard InChI is InChI=1S/C27H25NO2S/c1-20-10-14-23(15-11-20)25(22-7-4-3-5-8-22)19-26(29)28-18-6-9-27(28)31(30)24-16-12-21(2)13-17-24/h3-18,25H,19H2,1-2H3/t25-,31?/m0/s1. The second-order valence-corrected chi connectivity index (χ2v) is 9.20. The van der Waals surface area contributed by atoms with Crippen LogP contribution in [0, 0.1) is 13.8 Å². The lowest BCUT2D eigenvalue weighted by Crippen LogP contribution is -2.17. The molecule has 0 bridgehead atoms. The second-order valence-electron chi connectivity index (χ2n) is 7.77. The first-order valence-electron chi connectivity index (χ1n) is 10.3. The van der Waals surface area contributed by atoms with E-state index in [1.54, 1.807) is 22.9 Å². The van der Waals surface area contributed by atoms with Crippen LogP contribution in [0.15, 0.2) is 107 Å². The van der Waals surface area contributed by atoms with Gasteiger partial charge in [-0.15, -0.1) is 0 Å². The first-order valence-corrected chi connectivity index (χ1v) is 11.5. The normalized spacial score (nSPS) is 13.0. The molecule has 1 unspecified atom stereocenters. The van der Waals surface area contributed by atoms with Gasteiger partial charge in [-0.1, -0.05) is 77.9 Å². The summed E-state index contributed by atoms with van der Waals surface area (Å²) in [6, 6.07) is 29.5. The van der Waals surface area contributed by atoms with Crippen molar-refractivity contribution in [1.82, 2.24) is 4.57 Å². The third kappa shape index (κ3) is 4.75. The van der Waals surface area contributed by atoms with Gasteiger partial charge in [-0.2, -0.15) is 0 Å². The van der Waals surface area contributed by atoms with E-state index < -0.39 is 10.8 Å². The highest BCUT2D eigenvalue weighted by molar-refractivity contribution is 7.85. The minimum Gasteiger partial charge on any atom is -0.279 e. The Morgan fingerprint density at radius 2 is 1.35 bits per heavy atom. The summed E-state index contributed by atoms with van der Waals surface area (Å²) in [4.78, 5) is 14.1. The van der Waals surface area contributed by atoms with Crippen molar-refractivity contribution in [3.8, 4) is 0 Å². The van der Waals surface area contributed by atoms with Crippen molar-refractivity contribution in [1.29, 1.82) is 0 Å². The van der Waals surface area contributed by atoms with Crippen LogP contribution in [-0.4, -0.2) is 14.7 Å². The number of carbonyl (C=O) groups is 1. The van der Waals surface area contributed by atoms with Crippen LogP contribution in [0.25, 0.3) is 0 Å². The molecular formula is C27H25NO2S. The number of hydrogen-bond donors (Lipinski definition) is 0. The van der Waals surface area contributed by atoms with E-state index in [4.69, 9.17) is 0 Å². The van der Waals surface area contributed by atoms with Gasteiger partial charge < -0.3 is 0 Å². The molecule has 0 fully saturated rings. The highest BCUT2D eigenvalue weighted by Gasteiger charge is 2.22. The monoisotopic (exact) mass is 427 g/mol. The number of nitrogens with zero attached hydrogens (tertiary/aromatic N) is 1. The van der Waals surface area contributed by atoms with E-state index in [9.17, 15) is 9.00 Å². The number of aromatic nitrogens is 1. The van der Waals surface area contributed by atoms with E-state index >= 15 is 0 Å². The molecule has 0 aliphatic heterocycles. The molecule has 156 valence electrons. The molecule has 0 saturated carbocycles. The van der Waals surface area contributed by atoms with Crippen LogP contribution in [0.2, 0.25) is 0 Å². The summed E-state index contributed by atoms with van der Waals surface area (Å²) in [6.07, 6.45) is 2.00. The molecule has 3 nitrogen and oxygen atoms in total. The Bertz CT molecular complexity index is 1190. The molecule has 0 N–H and O–H groups in total. The van der Waals surface area contributed by atoms with Gasteiger partial charge in [0.25, 0.3) is 0 Å². The van der Waals surface area contributed by atoms with Crippen LogP contribution in [0.4, 0.5) is 0 Å². The average molecular weight is 428 g/mol. The number of carbonyl (C=O) groups excluding carboxylic acids is 1. The smallest absolute Gasteiger partial charge is 0.232 e. The Hall–Kier alpha value is -3.24. The molecule has 0 spiro atoms. The average Bonchev–Trinajstić information content (AvgIpc) is 3.29. The van der Waals surface area contributed by atoms with E-state index in [0.29, 0.717) is 16.3 Å². The summed E-state index contributed by atoms with van der Waals surface area (Å²) in [5.41, 5.74) is 4.48. The number of hydrogen-bond acceptors (Lipinski definition) is 2. The highest BCUT2D eigenvalue weighted by atomic mass is 32.2. The Kier molecular flexibility index (Phi) is 6.28. The lowest BCUT2D eigenvalue weighted by atomic mass is 9.88. The molecule has 3 aromatic carbocycles. The molecule has 1 aromatic heterocycles. The van der Waals surface area contributed by atoms with Gasteiger partial charge in [-0.25, -0.2) is 4.21 Å². The molecular weight excluding hydrogens is 402 g/mol. The predicted octanol–water partition coefficient (Wildman–Crippen LogP) is 6.13. The third-order valence-corrected chi connectivity index (χ3v) is 6.88. The summed E-state index contributed by atoms with van der Waals surface area (Å²) in [5.74, 6) is -0.146. The van der Waals surface area contributed by atoms with Crippen molar-refractivity contribution in [3.05, 3.63) is 119 Å². The van der Waals surface area contributed by atoms with Crippen molar-refractivity contribution in [3.63, 3.8) is 0 Å². The van der Waals surface area contributed by atoms with Gasteiger partial charge in [0.05, 0.1) is 0 Å². The maximum atomic E-state index is 13.4. The van der Waals surface area contributed by atoms with Crippen LogP contribution >= 0.6 is 0 Å². The lowest BCUT2D eigenvalue weighted by molar-refractivity contribution is 0.0887. The predicted molar refractivity (Wildman–Crippen MR) is 125 cm³/mol. The van der Waals surface area contributed by atoms with E-state index in [-0.39, 0.29) is 11.8 Å². The SMILES string of the molecule is Cc1ccc([C@@H](CC(=O)n2cccc2S(=O)c2ccc(C)cc2)c2ccccc2)cc1. The largest absolute Gasteiger partial charge is 0.279 e. The summed E-state index contributed by atoms with van der Waals surface area (Å²) in [6.45, 7) is 4.05. The first kappa shape index (κ1) is 21.0. The number of rotatable bonds is 6. The van der Waals surface area contributed by atoms with Gasteiger partial charge in [0.1, 0.15) is 15.8 Å². The maximum absolute atomic E-state index is 13.4. The molecule has 0 saturated heterocycles. The highest BCUT2D eigenvalue weighted by Crippen LogP contribution is 2.29. The summed E-state index contributed by atoms with van der Waals surface area (Å²) in [7, 11) is -1.42. The Balaban J connectivity index is 1.64. The van der Waals surface area contributed by atoms with Gasteiger partial charge in [-0.3, -0.25) is 9.36 Å².